The van der Waals surface area contributed by atoms with Crippen molar-refractivity contribution in [3.63, 3.8) is 0 Å². The van der Waals surface area contributed by atoms with E-state index in [1.165, 1.54) is 6.92 Å². The first-order valence-corrected chi connectivity index (χ1v) is 5.50. The van der Waals surface area contributed by atoms with Crippen LogP contribution in [0.1, 0.15) is 41.0 Å². The zero-order valence-electron chi connectivity index (χ0n) is 10.7. The highest BCUT2D eigenvalue weighted by molar-refractivity contribution is 5.91. The van der Waals surface area contributed by atoms with Gasteiger partial charge < -0.3 is 15.7 Å². The van der Waals surface area contributed by atoms with Gasteiger partial charge in [0, 0.05) is 0 Å². The predicted octanol–water partition coefficient (Wildman–Crippen LogP) is 0.744. The molecular formula is C11H22N2O3. The van der Waals surface area contributed by atoms with E-state index in [2.05, 4.69) is 10.6 Å². The Morgan fingerprint density at radius 3 is 2.00 bits per heavy atom. The number of aliphatic carboxylic acids is 1. The molecule has 94 valence electrons. The van der Waals surface area contributed by atoms with E-state index in [1.807, 2.05) is 6.92 Å². The standard InChI is InChI=1S/C11H22N2O3/c1-6-11(5,9(15)16)13-8(14)10(3,4)12-7-2/h12H,6-7H2,1-5H3,(H,13,14)(H,15,16). The van der Waals surface area contributed by atoms with Gasteiger partial charge >= 0.3 is 5.97 Å². The highest BCUT2D eigenvalue weighted by Crippen LogP contribution is 2.12. The minimum atomic E-state index is -1.20. The van der Waals surface area contributed by atoms with E-state index in [9.17, 15) is 9.59 Å². The summed E-state index contributed by atoms with van der Waals surface area (Å²) in [7, 11) is 0. The van der Waals surface area contributed by atoms with Crippen LogP contribution in [0.15, 0.2) is 0 Å². The fourth-order valence-corrected chi connectivity index (χ4v) is 1.22. The molecule has 0 rings (SSSR count). The van der Waals surface area contributed by atoms with Crippen molar-refractivity contribution in [1.82, 2.24) is 10.6 Å². The minimum absolute atomic E-state index is 0.305. The summed E-state index contributed by atoms with van der Waals surface area (Å²) in [6, 6.07) is 0. The zero-order chi connectivity index (χ0) is 13.0. The maximum Gasteiger partial charge on any atom is 0.329 e. The van der Waals surface area contributed by atoms with Crippen molar-refractivity contribution in [3.05, 3.63) is 0 Å². The van der Waals surface area contributed by atoms with Crippen LogP contribution in [-0.4, -0.2) is 34.6 Å². The van der Waals surface area contributed by atoms with E-state index in [4.69, 9.17) is 5.11 Å². The van der Waals surface area contributed by atoms with Crippen LogP contribution >= 0.6 is 0 Å². The Labute approximate surface area is 96.6 Å². The molecule has 0 aromatic carbocycles. The highest BCUT2D eigenvalue weighted by Gasteiger charge is 2.37. The zero-order valence-corrected chi connectivity index (χ0v) is 10.7. The van der Waals surface area contributed by atoms with Gasteiger partial charge in [0.15, 0.2) is 0 Å². The second-order valence-corrected chi connectivity index (χ2v) is 4.60. The largest absolute Gasteiger partial charge is 0.480 e. The number of rotatable bonds is 6. The van der Waals surface area contributed by atoms with Gasteiger partial charge in [-0.25, -0.2) is 4.79 Å². The first-order chi connectivity index (χ1) is 7.19. The van der Waals surface area contributed by atoms with Crippen molar-refractivity contribution < 1.29 is 14.7 Å². The third-order valence-electron chi connectivity index (χ3n) is 2.75. The number of carbonyl (C=O) groups excluding carboxylic acids is 1. The smallest absolute Gasteiger partial charge is 0.329 e. The SMILES string of the molecule is CCNC(C)(C)C(=O)NC(C)(CC)C(=O)O. The number of amides is 1. The molecule has 1 amide bonds. The monoisotopic (exact) mass is 230 g/mol. The summed E-state index contributed by atoms with van der Waals surface area (Å²) in [6.45, 7) is 9.24. The summed E-state index contributed by atoms with van der Waals surface area (Å²) < 4.78 is 0. The molecule has 0 saturated carbocycles. The second-order valence-electron chi connectivity index (χ2n) is 4.60. The lowest BCUT2D eigenvalue weighted by Gasteiger charge is -2.31. The van der Waals surface area contributed by atoms with Gasteiger partial charge in [0.05, 0.1) is 5.54 Å². The third kappa shape index (κ3) is 3.48. The van der Waals surface area contributed by atoms with E-state index in [-0.39, 0.29) is 5.91 Å². The number of nitrogens with one attached hydrogen (secondary N) is 2. The van der Waals surface area contributed by atoms with Crippen molar-refractivity contribution in [2.24, 2.45) is 0 Å². The molecule has 1 atom stereocenters. The number of carboxylic acids is 1. The van der Waals surface area contributed by atoms with Crippen molar-refractivity contribution >= 4 is 11.9 Å². The van der Waals surface area contributed by atoms with Gasteiger partial charge in [0.25, 0.3) is 0 Å². The molecule has 0 heterocycles. The quantitative estimate of drug-likeness (QED) is 0.629. The summed E-state index contributed by atoms with van der Waals surface area (Å²) in [4.78, 5) is 22.9. The van der Waals surface area contributed by atoms with Gasteiger partial charge in [-0.1, -0.05) is 13.8 Å². The molecule has 0 aliphatic heterocycles. The van der Waals surface area contributed by atoms with Crippen molar-refractivity contribution in [1.29, 1.82) is 0 Å². The molecule has 0 aromatic rings. The summed E-state index contributed by atoms with van der Waals surface area (Å²) in [6.07, 6.45) is 0.344. The Balaban J connectivity index is 4.72. The van der Waals surface area contributed by atoms with Gasteiger partial charge in [-0.05, 0) is 33.7 Å². The number of carboxylic acid groups (broad SMARTS) is 1. The van der Waals surface area contributed by atoms with Gasteiger partial charge in [0.1, 0.15) is 5.54 Å². The van der Waals surface area contributed by atoms with E-state index in [1.54, 1.807) is 20.8 Å². The average Bonchev–Trinajstić information content (AvgIpc) is 2.17. The average molecular weight is 230 g/mol. The Morgan fingerprint density at radius 2 is 1.69 bits per heavy atom. The van der Waals surface area contributed by atoms with Gasteiger partial charge in [0.2, 0.25) is 5.91 Å². The van der Waals surface area contributed by atoms with Crippen LogP contribution in [0.4, 0.5) is 0 Å². The van der Waals surface area contributed by atoms with Crippen molar-refractivity contribution in [2.75, 3.05) is 6.54 Å². The fraction of sp³-hybridized carbons (Fsp3) is 0.818. The summed E-state index contributed by atoms with van der Waals surface area (Å²) >= 11 is 0. The number of likely N-dealkylation sites (N-methyl/N-ethyl adjacent to an activating group) is 1. The summed E-state index contributed by atoms with van der Waals surface area (Å²) in [5, 5.41) is 14.6. The Bertz CT molecular complexity index is 276. The number of hydrogen-bond donors (Lipinski definition) is 3. The van der Waals surface area contributed by atoms with Gasteiger partial charge in [-0.15, -0.1) is 0 Å². The first-order valence-electron chi connectivity index (χ1n) is 5.50. The molecule has 5 heteroatoms. The fourth-order valence-electron chi connectivity index (χ4n) is 1.22. The van der Waals surface area contributed by atoms with Crippen molar-refractivity contribution in [3.8, 4) is 0 Å². The lowest BCUT2D eigenvalue weighted by molar-refractivity contribution is -0.148. The van der Waals surface area contributed by atoms with Crippen molar-refractivity contribution in [2.45, 2.75) is 52.1 Å². The maximum atomic E-state index is 11.9. The number of hydrogen-bond acceptors (Lipinski definition) is 3. The summed E-state index contributed by atoms with van der Waals surface area (Å²) in [5.41, 5.74) is -1.97. The number of carbonyl (C=O) groups is 2. The lowest BCUT2D eigenvalue weighted by atomic mass is 9.96. The predicted molar refractivity (Wildman–Crippen MR) is 62.2 cm³/mol. The lowest BCUT2D eigenvalue weighted by Crippen LogP contribution is -2.60. The van der Waals surface area contributed by atoms with E-state index in [0.717, 1.165) is 0 Å². The third-order valence-corrected chi connectivity index (χ3v) is 2.75. The minimum Gasteiger partial charge on any atom is -0.480 e. The molecule has 0 saturated heterocycles. The molecule has 0 spiro atoms. The molecule has 0 fully saturated rings. The molecule has 0 aliphatic rings. The van der Waals surface area contributed by atoms with Crippen LogP contribution < -0.4 is 10.6 Å². The first kappa shape index (κ1) is 14.9. The Kier molecular flexibility index (Phi) is 4.93. The maximum absolute atomic E-state index is 11.9. The highest BCUT2D eigenvalue weighted by atomic mass is 16.4. The van der Waals surface area contributed by atoms with Crippen LogP contribution in [0.3, 0.4) is 0 Å². The van der Waals surface area contributed by atoms with Gasteiger partial charge in [-0.3, -0.25) is 4.79 Å². The Morgan fingerprint density at radius 1 is 1.19 bits per heavy atom. The molecule has 0 aliphatic carbocycles. The summed E-state index contributed by atoms with van der Waals surface area (Å²) in [5.74, 6) is -1.32. The van der Waals surface area contributed by atoms with Crippen LogP contribution in [0.5, 0.6) is 0 Å². The molecule has 16 heavy (non-hydrogen) atoms. The van der Waals surface area contributed by atoms with Gasteiger partial charge in [-0.2, -0.15) is 0 Å². The Hall–Kier alpha value is -1.10. The topological polar surface area (TPSA) is 78.4 Å². The molecule has 0 radical (unpaired) electrons. The van der Waals surface area contributed by atoms with E-state index >= 15 is 0 Å². The second kappa shape index (κ2) is 5.30. The molecule has 5 nitrogen and oxygen atoms in total. The van der Waals surface area contributed by atoms with E-state index < -0.39 is 17.0 Å². The normalized spacial score (nSPS) is 15.3. The van der Waals surface area contributed by atoms with Crippen LogP contribution in [0.2, 0.25) is 0 Å². The van der Waals surface area contributed by atoms with E-state index in [0.29, 0.717) is 13.0 Å². The van der Waals surface area contributed by atoms with Crippen LogP contribution in [-0.2, 0) is 9.59 Å². The molecular weight excluding hydrogens is 208 g/mol. The molecule has 0 bridgehead atoms. The molecule has 3 N–H and O–H groups in total. The van der Waals surface area contributed by atoms with Crippen LogP contribution in [0.25, 0.3) is 0 Å². The molecule has 1 unspecified atom stereocenters. The van der Waals surface area contributed by atoms with Crippen LogP contribution in [0, 0.1) is 0 Å². The molecule has 0 aromatic heterocycles.